The quantitative estimate of drug-likeness (QED) is 0.844. The lowest BCUT2D eigenvalue weighted by Gasteiger charge is -2.28. The molecule has 0 aromatic carbocycles. The molecule has 1 unspecified atom stereocenters. The molecule has 0 radical (unpaired) electrons. The fraction of sp³-hybridized carbons (Fsp3) is 0.714. The molecule has 96 valence electrons. The van der Waals surface area contributed by atoms with E-state index in [9.17, 15) is 0 Å². The van der Waals surface area contributed by atoms with Crippen LogP contribution in [0.2, 0.25) is 0 Å². The van der Waals surface area contributed by atoms with Gasteiger partial charge in [-0.3, -0.25) is 0 Å². The minimum absolute atomic E-state index is 0.131. The highest BCUT2D eigenvalue weighted by Gasteiger charge is 2.27. The third-order valence-corrected chi connectivity index (χ3v) is 4.45. The van der Waals surface area contributed by atoms with Gasteiger partial charge in [-0.2, -0.15) is 0 Å². The minimum atomic E-state index is -0.131. The van der Waals surface area contributed by atoms with Crippen LogP contribution in [0, 0.1) is 5.92 Å². The zero-order valence-electron chi connectivity index (χ0n) is 10.9. The zero-order valence-corrected chi connectivity index (χ0v) is 11.7. The number of thiophene rings is 1. The summed E-state index contributed by atoms with van der Waals surface area (Å²) in [5.74, 6) is 0.802. The van der Waals surface area contributed by atoms with Crippen molar-refractivity contribution in [2.45, 2.75) is 51.1 Å². The first kappa shape index (κ1) is 13.1. The van der Waals surface area contributed by atoms with E-state index in [0.717, 1.165) is 12.5 Å². The molecule has 2 nitrogen and oxygen atoms in total. The molecule has 1 aliphatic rings. The standard InChI is InChI=1S/C14H24N2S/c1-14(2,15)10-16-13(11-6-3-4-7-11)12-8-5-9-17-12/h5,8-9,11,13,16H,3-4,6-7,10,15H2,1-2H3. The molecule has 1 aliphatic carbocycles. The van der Waals surface area contributed by atoms with Gasteiger partial charge in [0.15, 0.2) is 0 Å². The lowest BCUT2D eigenvalue weighted by molar-refractivity contribution is 0.338. The van der Waals surface area contributed by atoms with Crippen LogP contribution in [0.3, 0.4) is 0 Å². The van der Waals surface area contributed by atoms with Gasteiger partial charge in [0.1, 0.15) is 0 Å². The van der Waals surface area contributed by atoms with Crippen molar-refractivity contribution >= 4 is 11.3 Å². The third kappa shape index (κ3) is 3.80. The van der Waals surface area contributed by atoms with Crippen LogP contribution in [0.5, 0.6) is 0 Å². The SMILES string of the molecule is CC(C)(N)CNC(c1cccs1)C1CCCC1. The predicted molar refractivity (Wildman–Crippen MR) is 75.3 cm³/mol. The van der Waals surface area contributed by atoms with Crippen LogP contribution >= 0.6 is 11.3 Å². The van der Waals surface area contributed by atoms with Gasteiger partial charge >= 0.3 is 0 Å². The molecule has 3 N–H and O–H groups in total. The second kappa shape index (κ2) is 5.51. The molecule has 1 saturated carbocycles. The van der Waals surface area contributed by atoms with Crippen LogP contribution in [0.15, 0.2) is 17.5 Å². The van der Waals surface area contributed by atoms with Gasteiger partial charge in [0.25, 0.3) is 0 Å². The van der Waals surface area contributed by atoms with Crippen molar-refractivity contribution in [1.82, 2.24) is 5.32 Å². The second-order valence-electron chi connectivity index (χ2n) is 5.91. The van der Waals surface area contributed by atoms with Gasteiger partial charge in [0.2, 0.25) is 0 Å². The highest BCUT2D eigenvalue weighted by molar-refractivity contribution is 7.10. The van der Waals surface area contributed by atoms with E-state index in [4.69, 9.17) is 5.73 Å². The average molecular weight is 252 g/mol. The van der Waals surface area contributed by atoms with Crippen molar-refractivity contribution in [3.8, 4) is 0 Å². The van der Waals surface area contributed by atoms with E-state index in [1.807, 2.05) is 11.3 Å². The summed E-state index contributed by atoms with van der Waals surface area (Å²) in [4.78, 5) is 1.47. The van der Waals surface area contributed by atoms with Crippen LogP contribution in [0.25, 0.3) is 0 Å². The highest BCUT2D eigenvalue weighted by atomic mass is 32.1. The number of hydrogen-bond donors (Lipinski definition) is 2. The molecule has 0 aliphatic heterocycles. The predicted octanol–water partition coefficient (Wildman–Crippen LogP) is 3.31. The molecule has 17 heavy (non-hydrogen) atoms. The van der Waals surface area contributed by atoms with Crippen molar-refractivity contribution in [2.75, 3.05) is 6.54 Å². The minimum Gasteiger partial charge on any atom is -0.324 e. The van der Waals surface area contributed by atoms with Crippen LogP contribution in [-0.2, 0) is 0 Å². The molecule has 3 heteroatoms. The first-order valence-corrected chi connectivity index (χ1v) is 7.50. The van der Waals surface area contributed by atoms with Crippen LogP contribution in [0.4, 0.5) is 0 Å². The van der Waals surface area contributed by atoms with Gasteiger partial charge in [0.05, 0.1) is 0 Å². The lowest BCUT2D eigenvalue weighted by Crippen LogP contribution is -2.45. The number of hydrogen-bond acceptors (Lipinski definition) is 3. The lowest BCUT2D eigenvalue weighted by atomic mass is 9.95. The van der Waals surface area contributed by atoms with Crippen molar-refractivity contribution in [1.29, 1.82) is 0 Å². The van der Waals surface area contributed by atoms with E-state index in [2.05, 4.69) is 36.7 Å². The smallest absolute Gasteiger partial charge is 0.0444 e. The van der Waals surface area contributed by atoms with E-state index < -0.39 is 0 Å². The van der Waals surface area contributed by atoms with Crippen molar-refractivity contribution < 1.29 is 0 Å². The van der Waals surface area contributed by atoms with E-state index in [-0.39, 0.29) is 5.54 Å². The number of rotatable bonds is 5. The molecule has 1 atom stereocenters. The molecule has 0 amide bonds. The highest BCUT2D eigenvalue weighted by Crippen LogP contribution is 2.37. The summed E-state index contributed by atoms with van der Waals surface area (Å²) < 4.78 is 0. The van der Waals surface area contributed by atoms with Gasteiger partial charge in [0, 0.05) is 23.0 Å². The Hall–Kier alpha value is -0.380. The molecular weight excluding hydrogens is 228 g/mol. The fourth-order valence-electron chi connectivity index (χ4n) is 2.63. The Kier molecular flexibility index (Phi) is 4.23. The summed E-state index contributed by atoms with van der Waals surface area (Å²) in [7, 11) is 0. The van der Waals surface area contributed by atoms with Crippen LogP contribution in [-0.4, -0.2) is 12.1 Å². The Morgan fingerprint density at radius 3 is 2.71 bits per heavy atom. The molecule has 1 aromatic heterocycles. The monoisotopic (exact) mass is 252 g/mol. The number of nitrogens with two attached hydrogens (primary N) is 1. The van der Waals surface area contributed by atoms with Gasteiger partial charge < -0.3 is 11.1 Å². The van der Waals surface area contributed by atoms with Gasteiger partial charge in [-0.15, -0.1) is 11.3 Å². The topological polar surface area (TPSA) is 38.0 Å². The third-order valence-electron chi connectivity index (χ3n) is 3.50. The Bertz CT molecular complexity index is 320. The second-order valence-corrected chi connectivity index (χ2v) is 6.89. The number of nitrogens with one attached hydrogen (secondary N) is 1. The molecule has 1 heterocycles. The van der Waals surface area contributed by atoms with Crippen molar-refractivity contribution in [3.63, 3.8) is 0 Å². The maximum absolute atomic E-state index is 6.08. The van der Waals surface area contributed by atoms with Crippen LogP contribution < -0.4 is 11.1 Å². The molecular formula is C14H24N2S. The van der Waals surface area contributed by atoms with Crippen molar-refractivity contribution in [3.05, 3.63) is 22.4 Å². The average Bonchev–Trinajstić information content (AvgIpc) is 2.86. The summed E-state index contributed by atoms with van der Waals surface area (Å²) in [6, 6.07) is 4.92. The Balaban J connectivity index is 2.02. The molecule has 0 spiro atoms. The normalized spacial score (nSPS) is 19.7. The first-order valence-electron chi connectivity index (χ1n) is 6.62. The van der Waals surface area contributed by atoms with Crippen LogP contribution in [0.1, 0.15) is 50.4 Å². The Morgan fingerprint density at radius 2 is 2.18 bits per heavy atom. The van der Waals surface area contributed by atoms with E-state index in [1.54, 1.807) is 0 Å². The Morgan fingerprint density at radius 1 is 1.47 bits per heavy atom. The molecule has 1 aromatic rings. The summed E-state index contributed by atoms with van der Waals surface area (Å²) in [5.41, 5.74) is 5.95. The summed E-state index contributed by atoms with van der Waals surface area (Å²) >= 11 is 1.87. The van der Waals surface area contributed by atoms with Gasteiger partial charge in [-0.05, 0) is 44.1 Å². The maximum atomic E-state index is 6.08. The molecule has 0 bridgehead atoms. The van der Waals surface area contributed by atoms with E-state index in [1.165, 1.54) is 30.6 Å². The largest absolute Gasteiger partial charge is 0.324 e. The van der Waals surface area contributed by atoms with E-state index >= 15 is 0 Å². The summed E-state index contributed by atoms with van der Waals surface area (Å²) in [6.45, 7) is 5.05. The van der Waals surface area contributed by atoms with E-state index in [0.29, 0.717) is 6.04 Å². The molecule has 2 rings (SSSR count). The van der Waals surface area contributed by atoms with Crippen molar-refractivity contribution in [2.24, 2.45) is 11.7 Å². The van der Waals surface area contributed by atoms with Gasteiger partial charge in [-0.1, -0.05) is 18.9 Å². The Labute approximate surface area is 109 Å². The fourth-order valence-corrected chi connectivity index (χ4v) is 3.53. The first-order chi connectivity index (χ1) is 8.06. The molecule has 1 fully saturated rings. The zero-order chi connectivity index (χ0) is 12.3. The summed E-state index contributed by atoms with van der Waals surface area (Å²) in [5, 5.41) is 5.86. The summed E-state index contributed by atoms with van der Waals surface area (Å²) in [6.07, 6.45) is 5.50. The van der Waals surface area contributed by atoms with Gasteiger partial charge in [-0.25, -0.2) is 0 Å². The maximum Gasteiger partial charge on any atom is 0.0444 e. The molecule has 0 saturated heterocycles.